The SMILES string of the molecule is CO[C@@H]1C[C@@H](O[C@H]2[C@@H](O)C[C@H](O[C@@H]3[C@@H](C)O[C@H](O[C@H]4CC[C@@]5(C)C(=CC[C@H]6C(=O)O[C@@H]7CO[C@]8(C)OC=C(CC[C@@H]65)[C@H]78)C4)C[C@H]3OC)O[C@@H]2C)O[C@H](C)[C@H]1O. The Hall–Kier alpha value is -1.69. The van der Waals surface area contributed by atoms with Crippen LogP contribution in [0.15, 0.2) is 23.5 Å². The summed E-state index contributed by atoms with van der Waals surface area (Å²) in [6.07, 6.45) is 3.21. The lowest BCUT2D eigenvalue weighted by atomic mass is 9.55. The summed E-state index contributed by atoms with van der Waals surface area (Å²) in [5.74, 6) is -0.920. The van der Waals surface area contributed by atoms with Gasteiger partial charge in [-0.15, -0.1) is 0 Å². The Bertz CT molecular complexity index is 1440. The number of allylic oxidation sites excluding steroid dienone is 1. The second-order valence-corrected chi connectivity index (χ2v) is 17.6. The van der Waals surface area contributed by atoms with Gasteiger partial charge in [-0.05, 0) is 76.2 Å². The number of esters is 1. The largest absolute Gasteiger partial charge is 0.469 e. The van der Waals surface area contributed by atoms with E-state index in [1.165, 1.54) is 11.1 Å². The van der Waals surface area contributed by atoms with Crippen molar-refractivity contribution in [1.82, 2.24) is 0 Å². The molecule has 0 spiro atoms. The molecule has 6 fully saturated rings. The summed E-state index contributed by atoms with van der Waals surface area (Å²) in [5, 5.41) is 21.5. The summed E-state index contributed by atoms with van der Waals surface area (Å²) in [6.45, 7) is 10.2. The number of aliphatic hydroxyl groups is 2. The van der Waals surface area contributed by atoms with E-state index >= 15 is 0 Å². The molecular weight excluding hydrogens is 716 g/mol. The fourth-order valence-corrected chi connectivity index (χ4v) is 11.0. The minimum absolute atomic E-state index is 0.0253. The zero-order valence-corrected chi connectivity index (χ0v) is 33.3. The molecule has 14 nitrogen and oxygen atoms in total. The van der Waals surface area contributed by atoms with E-state index in [4.69, 9.17) is 52.1 Å². The molecule has 5 saturated heterocycles. The van der Waals surface area contributed by atoms with Crippen molar-refractivity contribution in [2.24, 2.45) is 23.2 Å². The van der Waals surface area contributed by atoms with Crippen LogP contribution in [0.4, 0.5) is 0 Å². The normalized spacial score (nSPS) is 51.2. The lowest BCUT2D eigenvalue weighted by Crippen LogP contribution is -2.56. The highest BCUT2D eigenvalue weighted by molar-refractivity contribution is 5.74. The molecule has 0 unspecified atom stereocenters. The zero-order chi connectivity index (χ0) is 38.8. The van der Waals surface area contributed by atoms with Crippen molar-refractivity contribution in [3.05, 3.63) is 23.5 Å². The molecule has 14 heteroatoms. The lowest BCUT2D eigenvalue weighted by molar-refractivity contribution is -0.337. The highest BCUT2D eigenvalue weighted by atomic mass is 16.7. The van der Waals surface area contributed by atoms with Crippen LogP contribution >= 0.6 is 0 Å². The molecule has 8 rings (SSSR count). The quantitative estimate of drug-likeness (QED) is 0.269. The Kier molecular flexibility index (Phi) is 11.5. The maximum Gasteiger partial charge on any atom is 0.309 e. The molecule has 19 atom stereocenters. The third-order valence-electron chi connectivity index (χ3n) is 14.2. The number of carbonyl (C=O) groups is 1. The Morgan fingerprint density at radius 3 is 2.25 bits per heavy atom. The Labute approximate surface area is 324 Å². The smallest absolute Gasteiger partial charge is 0.309 e. The van der Waals surface area contributed by atoms with Crippen molar-refractivity contribution in [2.75, 3.05) is 20.8 Å². The Morgan fingerprint density at radius 2 is 1.51 bits per heavy atom. The summed E-state index contributed by atoms with van der Waals surface area (Å²) < 4.78 is 67.3. The van der Waals surface area contributed by atoms with E-state index in [1.807, 2.05) is 27.0 Å². The topological polar surface area (TPSA) is 159 Å². The first-order chi connectivity index (χ1) is 26.3. The van der Waals surface area contributed by atoms with Gasteiger partial charge in [0.2, 0.25) is 5.79 Å². The van der Waals surface area contributed by atoms with Crippen LogP contribution < -0.4 is 0 Å². The molecule has 0 aromatic heterocycles. The summed E-state index contributed by atoms with van der Waals surface area (Å²) in [6, 6.07) is 0. The second-order valence-electron chi connectivity index (χ2n) is 17.6. The van der Waals surface area contributed by atoms with Crippen molar-refractivity contribution in [3.8, 4) is 0 Å². The molecule has 2 aliphatic carbocycles. The van der Waals surface area contributed by atoms with Gasteiger partial charge in [0.15, 0.2) is 18.9 Å². The van der Waals surface area contributed by atoms with E-state index in [-0.39, 0.29) is 60.0 Å². The molecule has 0 aromatic carbocycles. The first-order valence-electron chi connectivity index (χ1n) is 20.5. The van der Waals surface area contributed by atoms with Gasteiger partial charge in [-0.1, -0.05) is 18.6 Å². The van der Waals surface area contributed by atoms with Crippen LogP contribution in [0.2, 0.25) is 0 Å². The first kappa shape index (κ1) is 40.1. The van der Waals surface area contributed by atoms with Gasteiger partial charge in [0, 0.05) is 40.4 Å². The van der Waals surface area contributed by atoms with Crippen LogP contribution in [0.3, 0.4) is 0 Å². The first-order valence-corrected chi connectivity index (χ1v) is 20.5. The highest BCUT2D eigenvalue weighted by Crippen LogP contribution is 2.57. The maximum absolute atomic E-state index is 13.7. The number of hydrogen-bond donors (Lipinski definition) is 2. The molecule has 0 aromatic rings. The van der Waals surface area contributed by atoms with E-state index < -0.39 is 67.4 Å². The second kappa shape index (κ2) is 15.8. The fraction of sp³-hybridized carbons (Fsp3) is 0.878. The van der Waals surface area contributed by atoms with E-state index in [9.17, 15) is 15.0 Å². The Balaban J connectivity index is 0.851. The number of methoxy groups -OCH3 is 2. The number of ether oxygens (including phenoxy) is 11. The van der Waals surface area contributed by atoms with Gasteiger partial charge < -0.3 is 62.3 Å². The third kappa shape index (κ3) is 7.56. The van der Waals surface area contributed by atoms with Gasteiger partial charge in [-0.2, -0.15) is 0 Å². The van der Waals surface area contributed by atoms with E-state index in [2.05, 4.69) is 13.0 Å². The number of fused-ring (bicyclic) bond motifs is 3. The van der Waals surface area contributed by atoms with Crippen LogP contribution in [0, 0.1) is 23.2 Å². The lowest BCUT2D eigenvalue weighted by Gasteiger charge is -2.50. The monoisotopic (exact) mass is 778 g/mol. The molecule has 0 bridgehead atoms. The molecule has 310 valence electrons. The minimum Gasteiger partial charge on any atom is -0.469 e. The van der Waals surface area contributed by atoms with Crippen molar-refractivity contribution in [1.29, 1.82) is 0 Å². The number of rotatable bonds is 8. The van der Waals surface area contributed by atoms with Gasteiger partial charge in [0.1, 0.15) is 24.4 Å². The molecule has 2 N–H and O–H groups in total. The van der Waals surface area contributed by atoms with E-state index in [1.54, 1.807) is 21.1 Å². The summed E-state index contributed by atoms with van der Waals surface area (Å²) in [7, 11) is 3.22. The predicted octanol–water partition coefficient (Wildman–Crippen LogP) is 4.03. The maximum atomic E-state index is 13.7. The van der Waals surface area contributed by atoms with E-state index in [0.717, 1.165) is 32.1 Å². The van der Waals surface area contributed by atoms with Gasteiger partial charge in [-0.25, -0.2) is 0 Å². The standard InChI is InChI=1S/C41H62O14/c1-20-36(43)29(45-6)16-34(49-20)54-37-21(2)50-32(15-28(37)42)55-38-22(3)51-33(17-30(38)46-7)52-25-12-13-40(4)24(14-25)9-10-26-27(40)11-8-23-18-47-41(5)35(23)31(19-48-41)53-39(26)44/h9,18,20-22,25-38,42-43H,8,10-17,19H2,1-7H3/t20-,21-,22-,25+,26-,27+,28+,29-,30-,31-,32+,33-,34-,35-,36-,37-,38-,40+,41+/m1/s1. The Morgan fingerprint density at radius 1 is 0.836 bits per heavy atom. The van der Waals surface area contributed by atoms with Gasteiger partial charge >= 0.3 is 5.97 Å². The number of aliphatic hydroxyl groups excluding tert-OH is 2. The molecule has 1 saturated carbocycles. The van der Waals surface area contributed by atoms with Crippen LogP contribution in [0.1, 0.15) is 92.4 Å². The molecule has 55 heavy (non-hydrogen) atoms. The van der Waals surface area contributed by atoms with Gasteiger partial charge in [-0.3, -0.25) is 4.79 Å². The zero-order valence-electron chi connectivity index (χ0n) is 33.3. The van der Waals surface area contributed by atoms with Crippen molar-refractivity contribution < 1.29 is 67.1 Å². The average Bonchev–Trinajstić information content (AvgIpc) is 3.66. The summed E-state index contributed by atoms with van der Waals surface area (Å²) >= 11 is 0. The van der Waals surface area contributed by atoms with Crippen molar-refractivity contribution in [2.45, 2.75) is 184 Å². The molecule has 6 heterocycles. The van der Waals surface area contributed by atoms with Crippen LogP contribution in [0.5, 0.6) is 0 Å². The summed E-state index contributed by atoms with van der Waals surface area (Å²) in [4.78, 5) is 13.7. The molecule has 0 radical (unpaired) electrons. The summed E-state index contributed by atoms with van der Waals surface area (Å²) in [5.41, 5.74) is 2.42. The minimum atomic E-state index is -0.866. The molecular formula is C41H62O14. The fourth-order valence-electron chi connectivity index (χ4n) is 11.0. The highest BCUT2D eigenvalue weighted by Gasteiger charge is 2.58. The van der Waals surface area contributed by atoms with Gasteiger partial charge in [0.25, 0.3) is 0 Å². The predicted molar refractivity (Wildman–Crippen MR) is 193 cm³/mol. The molecule has 8 aliphatic rings. The number of carbonyl (C=O) groups excluding carboxylic acids is 1. The van der Waals surface area contributed by atoms with Gasteiger partial charge in [0.05, 0.1) is 67.4 Å². The molecule has 0 amide bonds. The van der Waals surface area contributed by atoms with Crippen molar-refractivity contribution >= 4 is 5.97 Å². The van der Waals surface area contributed by atoms with Crippen LogP contribution in [0.25, 0.3) is 0 Å². The van der Waals surface area contributed by atoms with Crippen LogP contribution in [-0.4, -0.2) is 129 Å². The van der Waals surface area contributed by atoms with Crippen molar-refractivity contribution in [3.63, 3.8) is 0 Å². The van der Waals surface area contributed by atoms with E-state index in [0.29, 0.717) is 25.9 Å². The molecule has 6 aliphatic heterocycles. The third-order valence-corrected chi connectivity index (χ3v) is 14.2. The number of hydrogen-bond acceptors (Lipinski definition) is 14. The van der Waals surface area contributed by atoms with Crippen LogP contribution in [-0.2, 0) is 56.9 Å². The average molecular weight is 779 g/mol.